The van der Waals surface area contributed by atoms with E-state index in [1.807, 2.05) is 0 Å². The number of methoxy groups -OCH3 is 2. The minimum atomic E-state index is -3.82. The van der Waals surface area contributed by atoms with Crippen LogP contribution in [0, 0.1) is 0 Å². The van der Waals surface area contributed by atoms with Gasteiger partial charge in [-0.2, -0.15) is 0 Å². The van der Waals surface area contributed by atoms with Gasteiger partial charge in [-0.05, 0) is 12.1 Å². The van der Waals surface area contributed by atoms with Gasteiger partial charge >= 0.3 is 5.97 Å². The Morgan fingerprint density at radius 1 is 1.32 bits per heavy atom. The second kappa shape index (κ2) is 6.39. The van der Waals surface area contributed by atoms with Gasteiger partial charge in [0.05, 0.1) is 20.6 Å². The van der Waals surface area contributed by atoms with E-state index in [1.54, 1.807) is 0 Å². The van der Waals surface area contributed by atoms with Crippen LogP contribution in [-0.4, -0.2) is 40.3 Å². The van der Waals surface area contributed by atoms with Crippen molar-refractivity contribution in [3.05, 3.63) is 18.2 Å². The molecule has 106 valence electrons. The van der Waals surface area contributed by atoms with Crippen LogP contribution in [0.25, 0.3) is 0 Å². The molecule has 0 aliphatic heterocycles. The summed E-state index contributed by atoms with van der Waals surface area (Å²) in [6.45, 7) is -0.188. The van der Waals surface area contributed by atoms with E-state index in [2.05, 4.69) is 4.72 Å². The van der Waals surface area contributed by atoms with Gasteiger partial charge in [0, 0.05) is 12.6 Å². The summed E-state index contributed by atoms with van der Waals surface area (Å²) in [5.41, 5.74) is 0. The summed E-state index contributed by atoms with van der Waals surface area (Å²) in [5.74, 6) is -0.493. The first-order valence-electron chi connectivity index (χ1n) is 5.34. The summed E-state index contributed by atoms with van der Waals surface area (Å²) in [6.07, 6.45) is -0.294. The quantitative estimate of drug-likeness (QED) is 0.756. The van der Waals surface area contributed by atoms with Crippen LogP contribution in [0.15, 0.2) is 23.1 Å². The number of carboxylic acid groups (broad SMARTS) is 1. The van der Waals surface area contributed by atoms with Crippen molar-refractivity contribution in [2.24, 2.45) is 0 Å². The van der Waals surface area contributed by atoms with E-state index >= 15 is 0 Å². The summed E-state index contributed by atoms with van der Waals surface area (Å²) < 4.78 is 36.1. The fraction of sp³-hybridized carbons (Fsp3) is 0.364. The van der Waals surface area contributed by atoms with E-state index in [-0.39, 0.29) is 23.6 Å². The van der Waals surface area contributed by atoms with Crippen molar-refractivity contribution in [3.8, 4) is 11.5 Å². The van der Waals surface area contributed by atoms with Crippen LogP contribution >= 0.6 is 0 Å². The molecule has 2 N–H and O–H groups in total. The zero-order valence-corrected chi connectivity index (χ0v) is 11.4. The van der Waals surface area contributed by atoms with E-state index < -0.39 is 16.0 Å². The Kier molecular flexibility index (Phi) is 5.13. The molecule has 1 aromatic rings. The maximum atomic E-state index is 12.0. The van der Waals surface area contributed by atoms with Gasteiger partial charge in [0.1, 0.15) is 16.4 Å². The Morgan fingerprint density at radius 3 is 2.53 bits per heavy atom. The van der Waals surface area contributed by atoms with Crippen molar-refractivity contribution in [2.45, 2.75) is 11.3 Å². The first-order valence-corrected chi connectivity index (χ1v) is 6.82. The normalized spacial score (nSPS) is 11.1. The molecule has 1 aromatic carbocycles. The van der Waals surface area contributed by atoms with Crippen LogP contribution in [0.1, 0.15) is 6.42 Å². The number of ether oxygens (including phenoxy) is 2. The van der Waals surface area contributed by atoms with Crippen LogP contribution in [0.5, 0.6) is 11.5 Å². The maximum absolute atomic E-state index is 12.0. The van der Waals surface area contributed by atoms with E-state index in [4.69, 9.17) is 14.6 Å². The molecule has 7 nitrogen and oxygen atoms in total. The minimum absolute atomic E-state index is 0.0683. The molecule has 0 aromatic heterocycles. The number of hydrogen-bond donors (Lipinski definition) is 2. The van der Waals surface area contributed by atoms with E-state index in [1.165, 1.54) is 32.4 Å². The second-order valence-electron chi connectivity index (χ2n) is 3.56. The molecule has 19 heavy (non-hydrogen) atoms. The lowest BCUT2D eigenvalue weighted by Crippen LogP contribution is -2.26. The highest BCUT2D eigenvalue weighted by molar-refractivity contribution is 7.89. The molecule has 0 fully saturated rings. The standard InChI is InChI=1S/C11H15NO6S/c1-17-8-3-4-10(9(7-8)18-2)19(15,16)12-6-5-11(13)14/h3-4,7,12H,5-6H2,1-2H3,(H,13,14). The van der Waals surface area contributed by atoms with Gasteiger partial charge in [0.25, 0.3) is 0 Å². The molecule has 0 saturated heterocycles. The SMILES string of the molecule is COc1ccc(S(=O)(=O)NCCC(=O)O)c(OC)c1. The van der Waals surface area contributed by atoms with Crippen molar-refractivity contribution in [1.82, 2.24) is 4.72 Å². The molecule has 0 heterocycles. The molecule has 1 rings (SSSR count). The van der Waals surface area contributed by atoms with E-state index in [0.717, 1.165) is 0 Å². The summed E-state index contributed by atoms with van der Waals surface area (Å²) in [5, 5.41) is 8.47. The molecule has 0 unspecified atom stereocenters. The molecule has 0 bridgehead atoms. The highest BCUT2D eigenvalue weighted by Gasteiger charge is 2.19. The van der Waals surface area contributed by atoms with Gasteiger partial charge in [0.15, 0.2) is 0 Å². The number of carboxylic acids is 1. The summed E-state index contributed by atoms with van der Waals surface area (Å²) in [7, 11) is -1.03. The summed E-state index contributed by atoms with van der Waals surface area (Å²) in [4.78, 5) is 10.3. The topological polar surface area (TPSA) is 102 Å². The van der Waals surface area contributed by atoms with Crippen LogP contribution in [0.2, 0.25) is 0 Å². The zero-order chi connectivity index (χ0) is 14.5. The second-order valence-corrected chi connectivity index (χ2v) is 5.29. The van der Waals surface area contributed by atoms with E-state index in [0.29, 0.717) is 5.75 Å². The fourth-order valence-electron chi connectivity index (χ4n) is 1.37. The molecule has 0 amide bonds. The fourth-order valence-corrected chi connectivity index (χ4v) is 2.55. The third-order valence-corrected chi connectivity index (χ3v) is 3.79. The van der Waals surface area contributed by atoms with Crippen molar-refractivity contribution in [2.75, 3.05) is 20.8 Å². The average Bonchev–Trinajstić information content (AvgIpc) is 2.37. The Balaban J connectivity index is 2.97. The number of carbonyl (C=O) groups is 1. The lowest BCUT2D eigenvalue weighted by atomic mass is 10.3. The largest absolute Gasteiger partial charge is 0.497 e. The first kappa shape index (κ1) is 15.3. The molecular weight excluding hydrogens is 274 g/mol. The number of rotatable bonds is 7. The first-order chi connectivity index (χ1) is 8.90. The van der Waals surface area contributed by atoms with Crippen molar-refractivity contribution in [1.29, 1.82) is 0 Å². The van der Waals surface area contributed by atoms with Gasteiger partial charge < -0.3 is 14.6 Å². The van der Waals surface area contributed by atoms with Gasteiger partial charge in [-0.3, -0.25) is 4.79 Å². The molecule has 0 aliphatic carbocycles. The maximum Gasteiger partial charge on any atom is 0.304 e. The molecule has 0 aliphatic rings. The van der Waals surface area contributed by atoms with Gasteiger partial charge in [-0.25, -0.2) is 13.1 Å². The third-order valence-electron chi connectivity index (χ3n) is 2.29. The molecule has 0 saturated carbocycles. The number of hydrogen-bond acceptors (Lipinski definition) is 5. The zero-order valence-electron chi connectivity index (χ0n) is 10.5. The number of sulfonamides is 1. The number of aliphatic carboxylic acids is 1. The highest BCUT2D eigenvalue weighted by Crippen LogP contribution is 2.28. The highest BCUT2D eigenvalue weighted by atomic mass is 32.2. The average molecular weight is 289 g/mol. The van der Waals surface area contributed by atoms with Crippen LogP contribution < -0.4 is 14.2 Å². The predicted octanol–water partition coefficient (Wildman–Crippen LogP) is 0.457. The number of benzene rings is 1. The van der Waals surface area contributed by atoms with Crippen LogP contribution in [0.4, 0.5) is 0 Å². The Bertz CT molecular complexity index is 554. The molecule has 8 heteroatoms. The predicted molar refractivity (Wildman–Crippen MR) is 67.0 cm³/mol. The van der Waals surface area contributed by atoms with Crippen molar-refractivity contribution >= 4 is 16.0 Å². The lowest BCUT2D eigenvalue weighted by Gasteiger charge is -2.11. The molecule has 0 atom stereocenters. The Hall–Kier alpha value is -1.80. The monoisotopic (exact) mass is 289 g/mol. The van der Waals surface area contributed by atoms with Gasteiger partial charge in [0.2, 0.25) is 10.0 Å². The Labute approximate surface area is 111 Å². The van der Waals surface area contributed by atoms with Gasteiger partial charge in [-0.1, -0.05) is 0 Å². The lowest BCUT2D eigenvalue weighted by molar-refractivity contribution is -0.136. The summed E-state index contributed by atoms with van der Waals surface area (Å²) in [6, 6.07) is 4.25. The summed E-state index contributed by atoms with van der Waals surface area (Å²) >= 11 is 0. The minimum Gasteiger partial charge on any atom is -0.497 e. The number of nitrogens with one attached hydrogen (secondary N) is 1. The van der Waals surface area contributed by atoms with E-state index in [9.17, 15) is 13.2 Å². The van der Waals surface area contributed by atoms with Gasteiger partial charge in [-0.15, -0.1) is 0 Å². The van der Waals surface area contributed by atoms with Crippen LogP contribution in [0.3, 0.4) is 0 Å². The molecule has 0 spiro atoms. The van der Waals surface area contributed by atoms with Crippen molar-refractivity contribution < 1.29 is 27.8 Å². The molecule has 0 radical (unpaired) electrons. The van der Waals surface area contributed by atoms with Crippen molar-refractivity contribution in [3.63, 3.8) is 0 Å². The smallest absolute Gasteiger partial charge is 0.304 e. The molecular formula is C11H15NO6S. The Morgan fingerprint density at radius 2 is 2.00 bits per heavy atom. The third kappa shape index (κ3) is 4.11. The van der Waals surface area contributed by atoms with Crippen LogP contribution in [-0.2, 0) is 14.8 Å².